The van der Waals surface area contributed by atoms with Gasteiger partial charge in [-0.2, -0.15) is 0 Å². The van der Waals surface area contributed by atoms with E-state index in [-0.39, 0.29) is 51.7 Å². The Morgan fingerprint density at radius 2 is 1.11 bits per heavy atom. The van der Waals surface area contributed by atoms with Gasteiger partial charge in [0, 0.05) is 27.6 Å². The summed E-state index contributed by atoms with van der Waals surface area (Å²) in [4.78, 5) is 80.9. The minimum atomic E-state index is -0.638. The molecule has 2 N–H and O–H groups in total. The van der Waals surface area contributed by atoms with Crippen molar-refractivity contribution < 1.29 is 57.2 Å². The summed E-state index contributed by atoms with van der Waals surface area (Å²) in [6.07, 6.45) is 0. The van der Waals surface area contributed by atoms with Crippen LogP contribution in [-0.4, -0.2) is 108 Å². The highest BCUT2D eigenvalue weighted by molar-refractivity contribution is 6.26. The van der Waals surface area contributed by atoms with Crippen LogP contribution in [0.4, 0.5) is 17.1 Å². The molecule has 0 radical (unpaired) electrons. The molecule has 16 nitrogen and oxygen atoms in total. The van der Waals surface area contributed by atoms with E-state index in [0.717, 1.165) is 10.5 Å². The molecule has 0 saturated heterocycles. The number of benzene rings is 4. The number of ether oxygens (including phenoxy) is 6. The molecule has 5 rings (SSSR count). The van der Waals surface area contributed by atoms with Crippen molar-refractivity contribution >= 4 is 63.5 Å². The molecule has 2 amide bonds. The number of carbonyl (C=O) groups excluding carboxylic acids is 6. The molecule has 0 bridgehead atoms. The predicted molar refractivity (Wildman–Crippen MR) is 204 cm³/mol. The molecule has 1 aliphatic rings. The number of rotatable bonds is 17. The fourth-order valence-corrected chi connectivity index (χ4v) is 6.16. The van der Waals surface area contributed by atoms with Gasteiger partial charge in [-0.05, 0) is 60.5 Å². The van der Waals surface area contributed by atoms with E-state index in [1.54, 1.807) is 66.7 Å². The van der Waals surface area contributed by atoms with E-state index in [4.69, 9.17) is 34.2 Å². The number of methoxy groups -OCH3 is 4. The zero-order valence-corrected chi connectivity index (χ0v) is 31.6. The molecular weight excluding hydrogens is 728 g/mol. The first kappa shape index (κ1) is 40.3. The summed E-state index contributed by atoms with van der Waals surface area (Å²) in [7, 11) is 4.91. The van der Waals surface area contributed by atoms with Crippen LogP contribution in [0.15, 0.2) is 66.7 Å². The number of carbonyl (C=O) groups is 6. The molecular formula is C40H42N4O12. The summed E-state index contributed by atoms with van der Waals surface area (Å²) in [6, 6.07) is 18.4. The lowest BCUT2D eigenvalue weighted by molar-refractivity contribution is -0.141. The number of amides is 2. The van der Waals surface area contributed by atoms with Crippen molar-refractivity contribution in [2.45, 2.75) is 13.5 Å². The highest BCUT2D eigenvalue weighted by atomic mass is 16.5. The number of aryl methyl sites for hydroxylation is 1. The quantitative estimate of drug-likeness (QED) is 0.0540. The lowest BCUT2D eigenvalue weighted by Crippen LogP contribution is -2.39. The molecule has 0 fully saturated rings. The molecule has 56 heavy (non-hydrogen) atoms. The topological polar surface area (TPSA) is 194 Å². The highest BCUT2D eigenvalue weighted by Gasteiger charge is 2.33. The largest absolute Gasteiger partial charge is 0.488 e. The first-order chi connectivity index (χ1) is 26.9. The van der Waals surface area contributed by atoms with Crippen molar-refractivity contribution in [3.63, 3.8) is 0 Å². The molecule has 0 spiro atoms. The zero-order valence-electron chi connectivity index (χ0n) is 31.6. The number of imide groups is 1. The third-order valence-electron chi connectivity index (χ3n) is 8.98. The molecule has 0 saturated carbocycles. The number of nitrogen functional groups attached to an aromatic ring is 1. The lowest BCUT2D eigenvalue weighted by atomic mass is 9.93. The number of nitrogens with zero attached hydrogens (tertiary/aromatic N) is 3. The predicted octanol–water partition coefficient (Wildman–Crippen LogP) is 3.29. The minimum absolute atomic E-state index is 0.0502. The van der Waals surface area contributed by atoms with Crippen LogP contribution in [0.5, 0.6) is 11.5 Å². The van der Waals surface area contributed by atoms with Crippen LogP contribution >= 0.6 is 0 Å². The summed E-state index contributed by atoms with van der Waals surface area (Å²) < 4.78 is 31.7. The normalized spacial score (nSPS) is 11.8. The van der Waals surface area contributed by atoms with Gasteiger partial charge in [-0.25, -0.2) is 0 Å². The molecule has 4 aromatic rings. The second-order valence-corrected chi connectivity index (χ2v) is 12.6. The maximum absolute atomic E-state index is 13.7. The van der Waals surface area contributed by atoms with Gasteiger partial charge in [-0.3, -0.25) is 33.7 Å². The third kappa shape index (κ3) is 9.09. The molecule has 0 atom stereocenters. The molecule has 0 unspecified atom stereocenters. The summed E-state index contributed by atoms with van der Waals surface area (Å²) in [5.41, 5.74) is 9.34. The fraction of sp³-hybridized carbons (Fsp3) is 0.300. The zero-order chi connectivity index (χ0) is 40.5. The first-order valence-corrected chi connectivity index (χ1v) is 17.3. The van der Waals surface area contributed by atoms with Crippen molar-refractivity contribution in [1.82, 2.24) is 4.90 Å². The van der Waals surface area contributed by atoms with Gasteiger partial charge < -0.3 is 44.0 Å². The van der Waals surface area contributed by atoms with Gasteiger partial charge >= 0.3 is 23.9 Å². The smallest absolute Gasteiger partial charge is 0.325 e. The van der Waals surface area contributed by atoms with E-state index < -0.39 is 35.7 Å². The average molecular weight is 771 g/mol. The van der Waals surface area contributed by atoms with Crippen molar-refractivity contribution in [2.75, 3.05) is 83.4 Å². The summed E-state index contributed by atoms with van der Waals surface area (Å²) in [5.74, 6) is -2.92. The number of hydrogen-bond acceptors (Lipinski definition) is 15. The molecule has 294 valence electrons. The maximum Gasteiger partial charge on any atom is 0.325 e. The molecule has 4 aromatic carbocycles. The van der Waals surface area contributed by atoms with Crippen molar-refractivity contribution in [1.29, 1.82) is 0 Å². The van der Waals surface area contributed by atoms with Gasteiger partial charge in [-0.15, -0.1) is 0 Å². The Balaban J connectivity index is 1.44. The molecule has 0 aromatic heterocycles. The molecule has 0 aliphatic carbocycles. The number of nitrogens with two attached hydrogens (primary N) is 1. The second kappa shape index (κ2) is 18.0. The van der Waals surface area contributed by atoms with Crippen molar-refractivity contribution in [3.05, 3.63) is 89.0 Å². The van der Waals surface area contributed by atoms with Crippen LogP contribution in [0.1, 0.15) is 31.8 Å². The van der Waals surface area contributed by atoms with Crippen LogP contribution in [0.25, 0.3) is 10.8 Å². The van der Waals surface area contributed by atoms with Gasteiger partial charge in [-0.1, -0.05) is 24.3 Å². The van der Waals surface area contributed by atoms with Crippen LogP contribution in [0.3, 0.4) is 0 Å². The standard InChI is InChI=1S/C40H42N4O12/c1-24-9-13-30(42(20-34(45)51-2)21-35(46)52-3)32(17-24)55-15-16-56-33-18-25(10-14-31(33)43(22-36(47)53-4)23-37(48)54-5)19-44-39(49)27-8-6-7-26-29(41)12-11-28(38(26)27)40(44)50/h6-14,17-18H,15-16,19-23,41H2,1-5H3. The van der Waals surface area contributed by atoms with E-state index in [0.29, 0.717) is 50.3 Å². The van der Waals surface area contributed by atoms with Gasteiger partial charge in [0.05, 0.1) is 46.4 Å². The van der Waals surface area contributed by atoms with E-state index in [2.05, 4.69) is 0 Å². The van der Waals surface area contributed by atoms with Crippen LogP contribution < -0.4 is 25.0 Å². The Bertz CT molecular complexity index is 2110. The summed E-state index contributed by atoms with van der Waals surface area (Å²) >= 11 is 0. The SMILES string of the molecule is COC(=O)CN(CC(=O)OC)c1ccc(C)cc1OCCOc1cc(CN2C(=O)c3cccc4c(N)ccc(c34)C2=O)ccc1N(CC(=O)OC)CC(=O)OC. The van der Waals surface area contributed by atoms with Gasteiger partial charge in [0.1, 0.15) is 50.9 Å². The van der Waals surface area contributed by atoms with E-state index >= 15 is 0 Å². The van der Waals surface area contributed by atoms with E-state index in [1.807, 2.05) is 6.92 Å². The Morgan fingerprint density at radius 1 is 0.625 bits per heavy atom. The van der Waals surface area contributed by atoms with Crippen LogP contribution in [-0.2, 0) is 44.7 Å². The van der Waals surface area contributed by atoms with E-state index in [9.17, 15) is 28.8 Å². The van der Waals surface area contributed by atoms with Gasteiger partial charge in [0.25, 0.3) is 11.8 Å². The Kier molecular flexibility index (Phi) is 13.0. The second-order valence-electron chi connectivity index (χ2n) is 12.6. The number of esters is 4. The highest BCUT2D eigenvalue weighted by Crippen LogP contribution is 2.36. The number of hydrogen-bond donors (Lipinski definition) is 1. The minimum Gasteiger partial charge on any atom is -0.488 e. The van der Waals surface area contributed by atoms with Gasteiger partial charge in [0.15, 0.2) is 0 Å². The molecule has 1 heterocycles. The molecule has 1 aliphatic heterocycles. The summed E-state index contributed by atoms with van der Waals surface area (Å²) in [5, 5.41) is 1.10. The average Bonchev–Trinajstić information content (AvgIpc) is 3.20. The van der Waals surface area contributed by atoms with Crippen LogP contribution in [0, 0.1) is 6.92 Å². The fourth-order valence-electron chi connectivity index (χ4n) is 6.16. The van der Waals surface area contributed by atoms with Crippen LogP contribution in [0.2, 0.25) is 0 Å². The maximum atomic E-state index is 13.7. The first-order valence-electron chi connectivity index (χ1n) is 17.3. The lowest BCUT2D eigenvalue weighted by Gasteiger charge is -2.29. The Morgan fingerprint density at radius 3 is 1.62 bits per heavy atom. The summed E-state index contributed by atoms with van der Waals surface area (Å²) in [6.45, 7) is 0.379. The number of anilines is 3. The third-order valence-corrected chi connectivity index (χ3v) is 8.98. The Labute approximate surface area is 322 Å². The van der Waals surface area contributed by atoms with Gasteiger partial charge in [0.2, 0.25) is 0 Å². The van der Waals surface area contributed by atoms with E-state index in [1.165, 1.54) is 38.2 Å². The Hall–Kier alpha value is -6.84. The van der Waals surface area contributed by atoms with Crippen molar-refractivity contribution in [2.24, 2.45) is 0 Å². The van der Waals surface area contributed by atoms with Crippen molar-refractivity contribution in [3.8, 4) is 11.5 Å². The monoisotopic (exact) mass is 770 g/mol. The molecule has 16 heteroatoms.